The molecule has 0 heterocycles. The molecule has 0 amide bonds. The number of sulfone groups is 1. The van der Waals surface area contributed by atoms with Crippen molar-refractivity contribution in [2.75, 3.05) is 6.26 Å². The highest BCUT2D eigenvalue weighted by Gasteiger charge is 1.97. The van der Waals surface area contributed by atoms with E-state index in [0.717, 1.165) is 21.5 Å². The minimum atomic E-state index is -3.25. The average molecular weight is 309 g/mol. The predicted octanol–water partition coefficient (Wildman–Crippen LogP) is 2.96. The minimum Gasteiger partial charge on any atom is -0.216 e. The van der Waals surface area contributed by atoms with Crippen LogP contribution in [-0.4, -0.2) is 14.7 Å². The maximum atomic E-state index is 10.9. The summed E-state index contributed by atoms with van der Waals surface area (Å²) in [6.07, 6.45) is 1.10. The first-order chi connectivity index (χ1) is 7.94. The highest BCUT2D eigenvalue weighted by molar-refractivity contribution is 9.10. The predicted molar refractivity (Wildman–Crippen MR) is 73.4 cm³/mol. The van der Waals surface area contributed by atoms with Crippen LogP contribution in [0.1, 0.15) is 5.56 Å². The zero-order chi connectivity index (χ0) is 12.5. The number of halogens is 1. The molecule has 4 heteroatoms. The first-order valence-electron chi connectivity index (χ1n) is 4.86. The van der Waals surface area contributed by atoms with Gasteiger partial charge in [-0.05, 0) is 35.0 Å². The van der Waals surface area contributed by atoms with Gasteiger partial charge in [-0.25, -0.2) is 8.42 Å². The van der Waals surface area contributed by atoms with E-state index in [-0.39, 0.29) is 0 Å². The lowest BCUT2D eigenvalue weighted by Gasteiger charge is -1.99. The molecule has 0 aliphatic carbocycles. The molecule has 0 N–H and O–H groups in total. The molecule has 2 rings (SSSR count). The van der Waals surface area contributed by atoms with Crippen molar-refractivity contribution >= 4 is 36.5 Å². The van der Waals surface area contributed by atoms with Gasteiger partial charge in [0.05, 0.1) is 6.26 Å². The van der Waals surface area contributed by atoms with Gasteiger partial charge in [-0.15, -0.1) is 0 Å². The lowest BCUT2D eigenvalue weighted by atomic mass is 10.1. The van der Waals surface area contributed by atoms with Gasteiger partial charge in [0, 0.05) is 15.3 Å². The van der Waals surface area contributed by atoms with Gasteiger partial charge in [0.15, 0.2) is 0 Å². The second-order valence-corrected chi connectivity index (χ2v) is 6.37. The molecule has 0 atom stereocenters. The van der Waals surface area contributed by atoms with E-state index in [1.54, 1.807) is 0 Å². The fourth-order valence-corrected chi connectivity index (χ4v) is 2.13. The number of hydrogen-bond acceptors (Lipinski definition) is 2. The molecule has 0 saturated heterocycles. The second-order valence-electron chi connectivity index (χ2n) is 3.71. The number of rotatable bonds is 0. The van der Waals surface area contributed by atoms with E-state index in [1.807, 2.05) is 36.4 Å². The molecule has 0 aliphatic rings. The first-order valence-corrected chi connectivity index (χ1v) is 7.55. The van der Waals surface area contributed by atoms with Crippen molar-refractivity contribution < 1.29 is 8.42 Å². The van der Waals surface area contributed by atoms with E-state index in [9.17, 15) is 8.42 Å². The van der Waals surface area contributed by atoms with E-state index in [0.29, 0.717) is 5.56 Å². The molecule has 0 aromatic heterocycles. The third-order valence-electron chi connectivity index (χ3n) is 2.18. The summed E-state index contributed by atoms with van der Waals surface area (Å²) < 4.78 is 22.9. The van der Waals surface area contributed by atoms with Crippen LogP contribution in [0.3, 0.4) is 0 Å². The van der Waals surface area contributed by atoms with Gasteiger partial charge in [0.1, 0.15) is 0 Å². The largest absolute Gasteiger partial charge is 0.216 e. The van der Waals surface area contributed by atoms with Crippen molar-refractivity contribution in [2.45, 2.75) is 0 Å². The van der Waals surface area contributed by atoms with E-state index in [2.05, 4.69) is 27.1 Å². The molecule has 0 radical (unpaired) electrons. The van der Waals surface area contributed by atoms with Crippen molar-refractivity contribution in [2.24, 2.45) is 0 Å². The molecule has 0 saturated carbocycles. The number of fused-ring (bicyclic) bond motifs is 1. The average Bonchev–Trinajstić information content (AvgIpc) is 2.25. The van der Waals surface area contributed by atoms with Crippen LogP contribution in [0.15, 0.2) is 40.9 Å². The molecule has 2 aromatic rings. The van der Waals surface area contributed by atoms with Crippen LogP contribution in [0, 0.1) is 11.2 Å². The normalized spacial score (nSPS) is 10.9. The van der Waals surface area contributed by atoms with Gasteiger partial charge in [-0.2, -0.15) is 0 Å². The third-order valence-corrected chi connectivity index (χ3v) is 3.15. The Hall–Kier alpha value is -1.31. The van der Waals surface area contributed by atoms with E-state index in [1.165, 1.54) is 0 Å². The summed E-state index contributed by atoms with van der Waals surface area (Å²) in [5, 5.41) is 4.35. The topological polar surface area (TPSA) is 34.1 Å². The van der Waals surface area contributed by atoms with Gasteiger partial charge in [0.2, 0.25) is 9.84 Å². The summed E-state index contributed by atoms with van der Waals surface area (Å²) in [6.45, 7) is 0. The summed E-state index contributed by atoms with van der Waals surface area (Å²) in [6, 6.07) is 11.5. The molecule has 86 valence electrons. The maximum absolute atomic E-state index is 10.9. The van der Waals surface area contributed by atoms with Crippen molar-refractivity contribution in [3.8, 4) is 11.2 Å². The lowest BCUT2D eigenvalue weighted by Crippen LogP contribution is -1.89. The highest BCUT2D eigenvalue weighted by atomic mass is 79.9. The Morgan fingerprint density at radius 3 is 2.41 bits per heavy atom. The van der Waals surface area contributed by atoms with Crippen LogP contribution >= 0.6 is 15.9 Å². The number of hydrogen-bond donors (Lipinski definition) is 0. The van der Waals surface area contributed by atoms with Gasteiger partial charge < -0.3 is 0 Å². The van der Waals surface area contributed by atoms with Crippen molar-refractivity contribution in [1.82, 2.24) is 0 Å². The van der Waals surface area contributed by atoms with Crippen LogP contribution in [0.4, 0.5) is 0 Å². The molecule has 0 spiro atoms. The maximum Gasteiger partial charge on any atom is 0.214 e. The monoisotopic (exact) mass is 308 g/mol. The molecule has 0 bridgehead atoms. The van der Waals surface area contributed by atoms with Crippen LogP contribution in [0.25, 0.3) is 10.8 Å². The molecular formula is C13H9BrO2S. The van der Waals surface area contributed by atoms with Crippen LogP contribution in [-0.2, 0) is 9.84 Å². The minimum absolute atomic E-state index is 0.699. The summed E-state index contributed by atoms with van der Waals surface area (Å²) in [7, 11) is -3.25. The van der Waals surface area contributed by atoms with Crippen LogP contribution in [0.5, 0.6) is 0 Å². The van der Waals surface area contributed by atoms with E-state index >= 15 is 0 Å². The Morgan fingerprint density at radius 2 is 1.71 bits per heavy atom. The zero-order valence-electron chi connectivity index (χ0n) is 9.07. The molecule has 2 nitrogen and oxygen atoms in total. The summed E-state index contributed by atoms with van der Waals surface area (Å²) >= 11 is 3.40. The molecule has 17 heavy (non-hydrogen) atoms. The Morgan fingerprint density at radius 1 is 1.06 bits per heavy atom. The smallest absolute Gasteiger partial charge is 0.214 e. The zero-order valence-corrected chi connectivity index (χ0v) is 11.5. The lowest BCUT2D eigenvalue weighted by molar-refractivity contribution is 0.611. The molecule has 0 aliphatic heterocycles. The number of benzene rings is 2. The summed E-state index contributed by atoms with van der Waals surface area (Å²) in [5.41, 5.74) is 0.699. The SMILES string of the molecule is CS(=O)(=O)C#Cc1ccc2cc(Br)ccc2c1. The standard InChI is InChI=1S/C13H9BrO2S/c1-17(15,16)7-6-10-2-3-12-9-13(14)5-4-11(12)8-10/h2-5,8-9H,1H3. The fourth-order valence-electron chi connectivity index (χ4n) is 1.45. The van der Waals surface area contributed by atoms with Gasteiger partial charge in [-0.1, -0.05) is 34.0 Å². The van der Waals surface area contributed by atoms with Crippen LogP contribution in [0.2, 0.25) is 0 Å². The Labute approximate surface area is 109 Å². The molecule has 0 unspecified atom stereocenters. The Bertz CT molecular complexity index is 737. The first kappa shape index (κ1) is 12.2. The van der Waals surface area contributed by atoms with Gasteiger partial charge >= 0.3 is 0 Å². The van der Waals surface area contributed by atoms with Crippen molar-refractivity contribution in [3.63, 3.8) is 0 Å². The summed E-state index contributed by atoms with van der Waals surface area (Å²) in [4.78, 5) is 0. The Balaban J connectivity index is 2.51. The van der Waals surface area contributed by atoms with Crippen molar-refractivity contribution in [1.29, 1.82) is 0 Å². The summed E-state index contributed by atoms with van der Waals surface area (Å²) in [5.74, 6) is 2.64. The second kappa shape index (κ2) is 4.52. The van der Waals surface area contributed by atoms with Gasteiger partial charge in [0.25, 0.3) is 0 Å². The van der Waals surface area contributed by atoms with E-state index in [4.69, 9.17) is 0 Å². The Kier molecular flexibility index (Phi) is 3.23. The van der Waals surface area contributed by atoms with E-state index < -0.39 is 9.84 Å². The quantitative estimate of drug-likeness (QED) is 0.701. The molecule has 0 fully saturated rings. The third kappa shape index (κ3) is 3.32. The molecular weight excluding hydrogens is 300 g/mol. The fraction of sp³-hybridized carbons (Fsp3) is 0.0769. The van der Waals surface area contributed by atoms with Crippen LogP contribution < -0.4 is 0 Å². The molecule has 2 aromatic carbocycles. The van der Waals surface area contributed by atoms with Gasteiger partial charge in [-0.3, -0.25) is 0 Å². The highest BCUT2D eigenvalue weighted by Crippen LogP contribution is 2.20. The van der Waals surface area contributed by atoms with Crippen molar-refractivity contribution in [3.05, 3.63) is 46.4 Å².